The predicted octanol–water partition coefficient (Wildman–Crippen LogP) is 15.3. The van der Waals surface area contributed by atoms with Gasteiger partial charge in [-0.15, -0.1) is 0 Å². The summed E-state index contributed by atoms with van der Waals surface area (Å²) in [6, 6.07) is 0. The Kier molecular flexibility index (Phi) is 43.5. The number of rotatable bonds is 46. The molecule has 0 heterocycles. The number of likely N-dealkylation sites (N-methyl/N-ethyl adjacent to an activating group) is 1. The molecule has 0 bridgehead atoms. The maximum atomic E-state index is 12.7. The van der Waals surface area contributed by atoms with E-state index in [9.17, 15) is 14.3 Å². The quantitative estimate of drug-likeness (QED) is 0.0214. The zero-order chi connectivity index (χ0) is 44.8. The normalized spacial score (nSPS) is 14.1. The van der Waals surface area contributed by atoms with Crippen LogP contribution in [0.3, 0.4) is 0 Å². The van der Waals surface area contributed by atoms with E-state index < -0.39 is 13.9 Å². The van der Waals surface area contributed by atoms with Crippen molar-refractivity contribution in [2.24, 2.45) is 0 Å². The first kappa shape index (κ1) is 59.2. The van der Waals surface area contributed by atoms with Crippen LogP contribution in [0.4, 0.5) is 0 Å². The van der Waals surface area contributed by atoms with Crippen LogP contribution in [-0.4, -0.2) is 75.6 Å². The molecule has 0 saturated carbocycles. The Morgan fingerprint density at radius 2 is 0.951 bits per heavy atom. The number of hydrogen-bond acceptors (Lipinski definition) is 6. The molecule has 0 aromatic heterocycles. The number of allylic oxidation sites excluding steroid dienone is 10. The summed E-state index contributed by atoms with van der Waals surface area (Å²) in [5.74, 6) is -0.316. The minimum atomic E-state index is -4.28. The fourth-order valence-electron chi connectivity index (χ4n) is 6.76. The second-order valence-corrected chi connectivity index (χ2v) is 19.3. The van der Waals surface area contributed by atoms with E-state index in [-0.39, 0.29) is 25.8 Å². The van der Waals surface area contributed by atoms with Crippen molar-refractivity contribution in [1.29, 1.82) is 0 Å². The highest BCUT2D eigenvalue weighted by Gasteiger charge is 2.26. The first-order valence-electron chi connectivity index (χ1n) is 25.0. The topological polar surface area (TPSA) is 91.3 Å². The summed E-state index contributed by atoms with van der Waals surface area (Å²) in [4.78, 5) is 23.0. The average Bonchev–Trinajstić information content (AvgIpc) is 3.22. The van der Waals surface area contributed by atoms with E-state index in [4.69, 9.17) is 18.5 Å². The van der Waals surface area contributed by atoms with Crippen LogP contribution >= 0.6 is 7.82 Å². The van der Waals surface area contributed by atoms with Gasteiger partial charge in [0, 0.05) is 13.0 Å². The van der Waals surface area contributed by atoms with Crippen LogP contribution in [0.25, 0.3) is 0 Å². The van der Waals surface area contributed by atoms with Crippen LogP contribution in [0, 0.1) is 0 Å². The summed E-state index contributed by atoms with van der Waals surface area (Å²) >= 11 is 0. The summed E-state index contributed by atoms with van der Waals surface area (Å²) in [5, 5.41) is 0. The number of quaternary nitrogens is 1. The van der Waals surface area contributed by atoms with Gasteiger partial charge in [-0.25, -0.2) is 4.57 Å². The summed E-state index contributed by atoms with van der Waals surface area (Å²) in [7, 11) is 1.66. The van der Waals surface area contributed by atoms with Gasteiger partial charge in [-0.05, 0) is 57.8 Å². The van der Waals surface area contributed by atoms with Gasteiger partial charge < -0.3 is 18.9 Å². The number of nitrogens with zero attached hydrogens (tertiary/aromatic N) is 1. The highest BCUT2D eigenvalue weighted by Crippen LogP contribution is 2.43. The summed E-state index contributed by atoms with van der Waals surface area (Å²) in [5.41, 5.74) is 0. The van der Waals surface area contributed by atoms with Crippen molar-refractivity contribution in [3.05, 3.63) is 60.8 Å². The minimum absolute atomic E-state index is 0.0858. The number of carbonyl (C=O) groups excluding carboxylic acids is 1. The molecule has 0 aliphatic rings. The molecule has 0 fully saturated rings. The van der Waals surface area contributed by atoms with Crippen molar-refractivity contribution in [3.63, 3.8) is 0 Å². The molecule has 9 heteroatoms. The molecule has 0 aromatic rings. The monoisotopic (exact) mass is 879 g/mol. The first-order valence-corrected chi connectivity index (χ1v) is 26.5. The number of carbonyl (C=O) groups is 1. The highest BCUT2D eigenvalue weighted by molar-refractivity contribution is 7.47. The Morgan fingerprint density at radius 1 is 0.525 bits per heavy atom. The SMILES string of the molecule is CC/C=C\C/C=C\C/C=C\C/C=C\C/C=C\CCCCCCCCCCOCC(COP(=O)(O)OCC[N+](C)(C)C)OC(=O)CCCCCCCCCCCCCCCCC. The van der Waals surface area contributed by atoms with Crippen molar-refractivity contribution in [1.82, 2.24) is 0 Å². The third kappa shape index (κ3) is 49.1. The maximum absolute atomic E-state index is 12.7. The number of esters is 1. The molecule has 2 atom stereocenters. The number of ether oxygens (including phenoxy) is 2. The van der Waals surface area contributed by atoms with Crippen molar-refractivity contribution in [2.75, 3.05) is 54.1 Å². The van der Waals surface area contributed by atoms with Crippen molar-refractivity contribution >= 4 is 13.8 Å². The molecule has 0 radical (unpaired) electrons. The Balaban J connectivity index is 4.15. The third-order valence-electron chi connectivity index (χ3n) is 10.6. The van der Waals surface area contributed by atoms with Gasteiger partial charge in [0.1, 0.15) is 19.3 Å². The average molecular weight is 879 g/mol. The Labute approximate surface area is 377 Å². The number of phosphoric ester groups is 1. The molecule has 0 spiro atoms. The lowest BCUT2D eigenvalue weighted by Gasteiger charge is -2.24. The molecule has 8 nitrogen and oxygen atoms in total. The smallest absolute Gasteiger partial charge is 0.457 e. The van der Waals surface area contributed by atoms with Crippen molar-refractivity contribution in [2.45, 2.75) is 213 Å². The van der Waals surface area contributed by atoms with Crippen LogP contribution < -0.4 is 0 Å². The fraction of sp³-hybridized carbons (Fsp3) is 0.788. The van der Waals surface area contributed by atoms with Gasteiger partial charge in [-0.1, -0.05) is 203 Å². The van der Waals surface area contributed by atoms with Crippen LogP contribution in [0.15, 0.2) is 60.8 Å². The highest BCUT2D eigenvalue weighted by atomic mass is 31.2. The van der Waals surface area contributed by atoms with Gasteiger partial charge in [0.15, 0.2) is 0 Å². The second-order valence-electron chi connectivity index (χ2n) is 17.8. The van der Waals surface area contributed by atoms with Crippen LogP contribution in [-0.2, 0) is 27.9 Å². The molecular formula is C52H97NO7P+. The Bertz CT molecular complexity index is 1160. The van der Waals surface area contributed by atoms with E-state index in [2.05, 4.69) is 74.6 Å². The fourth-order valence-corrected chi connectivity index (χ4v) is 7.50. The summed E-state index contributed by atoms with van der Waals surface area (Å²) < 4.78 is 35.1. The van der Waals surface area contributed by atoms with Crippen LogP contribution in [0.5, 0.6) is 0 Å². The van der Waals surface area contributed by atoms with Gasteiger partial charge >= 0.3 is 13.8 Å². The number of unbranched alkanes of at least 4 members (excludes halogenated alkanes) is 22. The molecule has 61 heavy (non-hydrogen) atoms. The molecule has 0 amide bonds. The van der Waals surface area contributed by atoms with Crippen LogP contribution in [0.2, 0.25) is 0 Å². The summed E-state index contributed by atoms with van der Waals surface area (Å²) in [6.45, 7) is 5.51. The van der Waals surface area contributed by atoms with Crippen molar-refractivity contribution in [3.8, 4) is 0 Å². The zero-order valence-corrected chi connectivity index (χ0v) is 41.3. The second kappa shape index (κ2) is 44.8. The van der Waals surface area contributed by atoms with E-state index in [1.165, 1.54) is 116 Å². The van der Waals surface area contributed by atoms with E-state index in [1.54, 1.807) is 0 Å². The molecule has 0 aliphatic heterocycles. The lowest BCUT2D eigenvalue weighted by molar-refractivity contribution is -0.870. The minimum Gasteiger partial charge on any atom is -0.457 e. The molecule has 0 saturated heterocycles. The predicted molar refractivity (Wildman–Crippen MR) is 261 cm³/mol. The largest absolute Gasteiger partial charge is 0.472 e. The van der Waals surface area contributed by atoms with Gasteiger partial charge in [0.2, 0.25) is 0 Å². The Hall–Kier alpha value is -1.80. The van der Waals surface area contributed by atoms with Gasteiger partial charge in [0.05, 0.1) is 34.4 Å². The zero-order valence-electron chi connectivity index (χ0n) is 40.4. The number of hydrogen-bond donors (Lipinski definition) is 1. The lowest BCUT2D eigenvalue weighted by Crippen LogP contribution is -2.37. The van der Waals surface area contributed by atoms with Gasteiger partial charge in [-0.3, -0.25) is 13.8 Å². The first-order chi connectivity index (χ1) is 29.6. The van der Waals surface area contributed by atoms with E-state index in [1.807, 2.05) is 21.1 Å². The van der Waals surface area contributed by atoms with E-state index in [0.29, 0.717) is 24.1 Å². The molecule has 1 N–H and O–H groups in total. The summed E-state index contributed by atoms with van der Waals surface area (Å²) in [6.07, 6.45) is 56.9. The van der Waals surface area contributed by atoms with Gasteiger partial charge in [-0.2, -0.15) is 0 Å². The molecular weight excluding hydrogens is 782 g/mol. The maximum Gasteiger partial charge on any atom is 0.472 e. The lowest BCUT2D eigenvalue weighted by atomic mass is 10.0. The molecule has 0 aliphatic carbocycles. The standard InChI is InChI=1S/C52H96NO7P/c1-6-8-10-12-14-16-18-20-22-23-24-25-26-27-28-29-30-32-34-36-38-40-42-44-47-57-49-51(50-59-61(55,56)58-48-46-53(3,4)5)60-52(54)45-43-41-39-37-35-33-31-21-19-17-15-13-11-9-7-2/h8,10,14,16,20,22,24-25,27-28,51H,6-7,9,11-13,15,17-19,21,23,26,29-50H2,1-5H3/p+1/b10-8-,16-14-,22-20-,25-24-,28-27-. The van der Waals surface area contributed by atoms with Gasteiger partial charge in [0.25, 0.3) is 0 Å². The van der Waals surface area contributed by atoms with Crippen molar-refractivity contribution < 1.29 is 37.3 Å². The Morgan fingerprint density at radius 3 is 1.43 bits per heavy atom. The third-order valence-corrected chi connectivity index (χ3v) is 11.6. The number of phosphoric acid groups is 1. The molecule has 356 valence electrons. The molecule has 0 aromatic carbocycles. The molecule has 0 rings (SSSR count). The van der Waals surface area contributed by atoms with E-state index in [0.717, 1.165) is 70.6 Å². The molecule has 2 unspecified atom stereocenters. The van der Waals surface area contributed by atoms with Crippen LogP contribution in [0.1, 0.15) is 206 Å². The van der Waals surface area contributed by atoms with E-state index >= 15 is 0 Å².